The molecule has 174 valence electrons. The van der Waals surface area contributed by atoms with E-state index in [4.69, 9.17) is 9.47 Å². The van der Waals surface area contributed by atoms with Gasteiger partial charge in [0.25, 0.3) is 0 Å². The molecule has 35 heavy (non-hydrogen) atoms. The Kier molecular flexibility index (Phi) is 4.75. The van der Waals surface area contributed by atoms with E-state index in [2.05, 4.69) is 81.1 Å². The van der Waals surface area contributed by atoms with E-state index < -0.39 is 5.60 Å². The van der Waals surface area contributed by atoms with E-state index in [1.54, 1.807) is 0 Å². The van der Waals surface area contributed by atoms with Crippen LogP contribution < -0.4 is 9.64 Å². The van der Waals surface area contributed by atoms with Gasteiger partial charge in [-0.2, -0.15) is 0 Å². The van der Waals surface area contributed by atoms with Crippen LogP contribution in [0.15, 0.2) is 78.9 Å². The van der Waals surface area contributed by atoms with E-state index in [1.165, 1.54) is 5.56 Å². The number of benzene rings is 4. The molecule has 0 saturated carbocycles. The van der Waals surface area contributed by atoms with Gasteiger partial charge < -0.3 is 14.4 Å². The van der Waals surface area contributed by atoms with Crippen LogP contribution in [0, 0.1) is 20.8 Å². The summed E-state index contributed by atoms with van der Waals surface area (Å²) in [7, 11) is 0. The standard InChI is InChI=1S/C31H27NO3/c1-5-32(22-12-10-19(2)11-13-22)23-14-15-26-29(18-23)34-28-17-21(4)20(3)16-27(28)31(26)25-9-7-6-8-24(25)30(33)35-31/h6-18H,5H2,1-4H3. The highest BCUT2D eigenvalue weighted by molar-refractivity contribution is 5.97. The van der Waals surface area contributed by atoms with Crippen molar-refractivity contribution in [1.29, 1.82) is 0 Å². The molecule has 0 radical (unpaired) electrons. The molecular weight excluding hydrogens is 434 g/mol. The summed E-state index contributed by atoms with van der Waals surface area (Å²) in [6.07, 6.45) is 0. The van der Waals surface area contributed by atoms with Crippen LogP contribution in [0.5, 0.6) is 11.5 Å². The molecule has 2 heterocycles. The lowest BCUT2D eigenvalue weighted by atomic mass is 9.77. The maximum Gasteiger partial charge on any atom is 0.340 e. The minimum absolute atomic E-state index is 0.309. The molecule has 0 N–H and O–H groups in total. The molecule has 4 heteroatoms. The molecule has 4 nitrogen and oxygen atoms in total. The molecule has 0 saturated heterocycles. The van der Waals surface area contributed by atoms with Gasteiger partial charge in [0.15, 0.2) is 5.60 Å². The average Bonchev–Trinajstić information content (AvgIpc) is 3.15. The van der Waals surface area contributed by atoms with Gasteiger partial charge >= 0.3 is 5.97 Å². The first kappa shape index (κ1) is 21.5. The second-order valence-corrected chi connectivity index (χ2v) is 9.41. The third-order valence-electron chi connectivity index (χ3n) is 7.29. The van der Waals surface area contributed by atoms with E-state index in [-0.39, 0.29) is 5.97 Å². The highest BCUT2D eigenvalue weighted by atomic mass is 16.6. The number of fused-ring (bicyclic) bond motifs is 6. The Labute approximate surface area is 205 Å². The van der Waals surface area contributed by atoms with Gasteiger partial charge in [0.1, 0.15) is 11.5 Å². The van der Waals surface area contributed by atoms with Gasteiger partial charge in [0.05, 0.1) is 5.56 Å². The lowest BCUT2D eigenvalue weighted by Gasteiger charge is -2.37. The molecule has 1 unspecified atom stereocenters. The zero-order valence-electron chi connectivity index (χ0n) is 20.4. The van der Waals surface area contributed by atoms with Crippen molar-refractivity contribution in [1.82, 2.24) is 0 Å². The second-order valence-electron chi connectivity index (χ2n) is 9.41. The Morgan fingerprint density at radius 2 is 1.43 bits per heavy atom. The Morgan fingerprint density at radius 1 is 0.743 bits per heavy atom. The van der Waals surface area contributed by atoms with E-state index >= 15 is 0 Å². The molecule has 0 aliphatic carbocycles. The quantitative estimate of drug-likeness (QED) is 0.299. The van der Waals surface area contributed by atoms with Crippen molar-refractivity contribution in [2.24, 2.45) is 0 Å². The first-order chi connectivity index (χ1) is 16.9. The summed E-state index contributed by atoms with van der Waals surface area (Å²) in [5.41, 5.74) is 7.76. The maximum atomic E-state index is 13.1. The van der Waals surface area contributed by atoms with E-state index in [0.717, 1.165) is 51.5 Å². The van der Waals surface area contributed by atoms with E-state index in [0.29, 0.717) is 11.3 Å². The van der Waals surface area contributed by atoms with Gasteiger partial charge in [-0.15, -0.1) is 0 Å². The molecular formula is C31H27NO3. The second kappa shape index (κ2) is 7.74. The van der Waals surface area contributed by atoms with Crippen LogP contribution in [0.25, 0.3) is 0 Å². The SMILES string of the molecule is CCN(c1ccc(C)cc1)c1ccc2c(c1)Oc1cc(C)c(C)cc1C21OC(=O)c2ccccc21. The minimum Gasteiger partial charge on any atom is -0.456 e. The predicted molar refractivity (Wildman–Crippen MR) is 138 cm³/mol. The molecule has 0 amide bonds. The number of hydrogen-bond donors (Lipinski definition) is 0. The van der Waals surface area contributed by atoms with Gasteiger partial charge in [0.2, 0.25) is 0 Å². The average molecular weight is 462 g/mol. The third-order valence-corrected chi connectivity index (χ3v) is 7.29. The highest BCUT2D eigenvalue weighted by Crippen LogP contribution is 2.57. The van der Waals surface area contributed by atoms with Crippen molar-refractivity contribution in [2.45, 2.75) is 33.3 Å². The Balaban J connectivity index is 1.58. The maximum absolute atomic E-state index is 13.1. The summed E-state index contributed by atoms with van der Waals surface area (Å²) in [6, 6.07) is 26.5. The van der Waals surface area contributed by atoms with Gasteiger partial charge in [-0.25, -0.2) is 4.79 Å². The highest BCUT2D eigenvalue weighted by Gasteiger charge is 2.53. The van der Waals surface area contributed by atoms with E-state index in [1.807, 2.05) is 30.3 Å². The predicted octanol–water partition coefficient (Wildman–Crippen LogP) is 7.34. The molecule has 2 aliphatic rings. The molecule has 4 aromatic rings. The van der Waals surface area contributed by atoms with Crippen LogP contribution in [-0.4, -0.2) is 12.5 Å². The van der Waals surface area contributed by atoms with Crippen molar-refractivity contribution in [2.75, 3.05) is 11.4 Å². The summed E-state index contributed by atoms with van der Waals surface area (Å²) < 4.78 is 12.8. The molecule has 1 spiro atoms. The topological polar surface area (TPSA) is 38.8 Å². The van der Waals surface area contributed by atoms with Crippen LogP contribution in [0.4, 0.5) is 11.4 Å². The Hall–Kier alpha value is -4.05. The fourth-order valence-corrected chi connectivity index (χ4v) is 5.32. The molecule has 6 rings (SSSR count). The van der Waals surface area contributed by atoms with Crippen molar-refractivity contribution >= 4 is 17.3 Å². The van der Waals surface area contributed by atoms with Crippen LogP contribution in [0.1, 0.15) is 50.7 Å². The first-order valence-corrected chi connectivity index (χ1v) is 12.0. The lowest BCUT2D eigenvalue weighted by molar-refractivity contribution is 0.0224. The summed E-state index contributed by atoms with van der Waals surface area (Å²) >= 11 is 0. The number of hydrogen-bond acceptors (Lipinski definition) is 4. The normalized spacial score (nSPS) is 17.3. The number of carbonyl (C=O) groups excluding carboxylic acids is 1. The zero-order chi connectivity index (χ0) is 24.3. The summed E-state index contributed by atoms with van der Waals surface area (Å²) in [6.45, 7) is 9.18. The van der Waals surface area contributed by atoms with Gasteiger partial charge in [-0.1, -0.05) is 35.9 Å². The number of anilines is 2. The van der Waals surface area contributed by atoms with Crippen LogP contribution in [0.3, 0.4) is 0 Å². The minimum atomic E-state index is -1.03. The van der Waals surface area contributed by atoms with Crippen molar-refractivity contribution in [3.8, 4) is 11.5 Å². The molecule has 4 aromatic carbocycles. The van der Waals surface area contributed by atoms with Gasteiger partial charge in [-0.3, -0.25) is 0 Å². The number of carbonyl (C=O) groups is 1. The van der Waals surface area contributed by atoms with Gasteiger partial charge in [-0.05, 0) is 81.3 Å². The molecule has 2 aliphatic heterocycles. The summed E-state index contributed by atoms with van der Waals surface area (Å²) in [4.78, 5) is 15.3. The number of nitrogens with zero attached hydrogens (tertiary/aromatic N) is 1. The van der Waals surface area contributed by atoms with Crippen LogP contribution in [0.2, 0.25) is 0 Å². The van der Waals surface area contributed by atoms with Crippen LogP contribution >= 0.6 is 0 Å². The summed E-state index contributed by atoms with van der Waals surface area (Å²) in [5.74, 6) is 1.12. The number of esters is 1. The number of rotatable bonds is 3. The van der Waals surface area contributed by atoms with Crippen molar-refractivity contribution < 1.29 is 14.3 Å². The van der Waals surface area contributed by atoms with E-state index in [9.17, 15) is 4.79 Å². The fourth-order valence-electron chi connectivity index (χ4n) is 5.32. The third kappa shape index (κ3) is 3.09. The van der Waals surface area contributed by atoms with Gasteiger partial charge in [0, 0.05) is 40.7 Å². The number of aryl methyl sites for hydroxylation is 3. The van der Waals surface area contributed by atoms with Crippen molar-refractivity contribution in [3.63, 3.8) is 0 Å². The number of ether oxygens (including phenoxy) is 2. The molecule has 0 fully saturated rings. The van der Waals surface area contributed by atoms with Crippen LogP contribution in [-0.2, 0) is 10.3 Å². The smallest absolute Gasteiger partial charge is 0.340 e. The molecule has 0 bridgehead atoms. The molecule has 1 atom stereocenters. The first-order valence-electron chi connectivity index (χ1n) is 12.0. The fraction of sp³-hybridized carbons (Fsp3) is 0.194. The summed E-state index contributed by atoms with van der Waals surface area (Å²) in [5, 5.41) is 0. The molecule has 0 aromatic heterocycles. The monoisotopic (exact) mass is 461 g/mol. The Bertz CT molecular complexity index is 1490. The zero-order valence-corrected chi connectivity index (χ0v) is 20.4. The lowest BCUT2D eigenvalue weighted by Crippen LogP contribution is -2.33. The van der Waals surface area contributed by atoms with Crippen molar-refractivity contribution in [3.05, 3.63) is 118 Å². The largest absolute Gasteiger partial charge is 0.456 e. The Morgan fingerprint density at radius 3 is 2.20 bits per heavy atom.